The summed E-state index contributed by atoms with van der Waals surface area (Å²) in [5.41, 5.74) is 0. The van der Waals surface area contributed by atoms with Gasteiger partial charge in [0.25, 0.3) is 0 Å². The Labute approximate surface area is 85.6 Å². The van der Waals surface area contributed by atoms with E-state index in [0.717, 1.165) is 0 Å². The van der Waals surface area contributed by atoms with Crippen molar-refractivity contribution in [3.63, 3.8) is 0 Å². The smallest absolute Gasteiger partial charge is 0.0781 e. The quantitative estimate of drug-likeness (QED) is 0.589. The van der Waals surface area contributed by atoms with Crippen molar-refractivity contribution < 1.29 is 14.6 Å². The Balaban J connectivity index is 2.06. The Hall–Kier alpha value is -0.160. The molecule has 0 aromatic rings. The van der Waals surface area contributed by atoms with Gasteiger partial charge in [0.05, 0.1) is 32.0 Å². The van der Waals surface area contributed by atoms with Crippen LogP contribution < -0.4 is 5.32 Å². The third-order valence-corrected chi connectivity index (χ3v) is 2.25. The Kier molecular flexibility index (Phi) is 5.40. The van der Waals surface area contributed by atoms with E-state index in [9.17, 15) is 0 Å². The maximum atomic E-state index is 9.07. The summed E-state index contributed by atoms with van der Waals surface area (Å²) in [4.78, 5) is 0. The highest BCUT2D eigenvalue weighted by atomic mass is 16.5. The first-order valence-corrected chi connectivity index (χ1v) is 5.23. The first-order chi connectivity index (χ1) is 6.76. The number of rotatable bonds is 8. The summed E-state index contributed by atoms with van der Waals surface area (Å²) in [7, 11) is 1.66. The molecular formula is C10H21NO3. The SMILES string of the molecule is COCC(C)OCC(CO)NC1CC1. The average molecular weight is 203 g/mol. The summed E-state index contributed by atoms with van der Waals surface area (Å²) < 4.78 is 10.5. The molecule has 1 aliphatic carbocycles. The van der Waals surface area contributed by atoms with Crippen LogP contribution in [0.4, 0.5) is 0 Å². The van der Waals surface area contributed by atoms with Crippen molar-refractivity contribution >= 4 is 0 Å². The highest BCUT2D eigenvalue weighted by Crippen LogP contribution is 2.19. The largest absolute Gasteiger partial charge is 0.395 e. The normalized spacial score (nSPS) is 20.8. The molecule has 0 aromatic heterocycles. The fraction of sp³-hybridized carbons (Fsp3) is 1.00. The van der Waals surface area contributed by atoms with E-state index in [0.29, 0.717) is 19.3 Å². The van der Waals surface area contributed by atoms with Crippen LogP contribution in [0.25, 0.3) is 0 Å². The van der Waals surface area contributed by atoms with Gasteiger partial charge in [0.2, 0.25) is 0 Å². The molecule has 0 amide bonds. The minimum absolute atomic E-state index is 0.0711. The molecule has 4 heteroatoms. The molecule has 0 aliphatic heterocycles. The van der Waals surface area contributed by atoms with Gasteiger partial charge in [0.15, 0.2) is 0 Å². The van der Waals surface area contributed by atoms with Crippen molar-refractivity contribution in [3.05, 3.63) is 0 Å². The van der Waals surface area contributed by atoms with E-state index in [1.165, 1.54) is 12.8 Å². The molecule has 0 aromatic carbocycles. The minimum atomic E-state index is 0.0711. The van der Waals surface area contributed by atoms with Gasteiger partial charge in [-0.15, -0.1) is 0 Å². The van der Waals surface area contributed by atoms with E-state index in [4.69, 9.17) is 14.6 Å². The van der Waals surface area contributed by atoms with Crippen molar-refractivity contribution in [2.24, 2.45) is 0 Å². The van der Waals surface area contributed by atoms with Crippen molar-refractivity contribution in [2.45, 2.75) is 38.0 Å². The fourth-order valence-electron chi connectivity index (χ4n) is 1.30. The third kappa shape index (κ3) is 4.91. The van der Waals surface area contributed by atoms with Crippen LogP contribution in [0.1, 0.15) is 19.8 Å². The summed E-state index contributed by atoms with van der Waals surface area (Å²) in [6.07, 6.45) is 2.55. The van der Waals surface area contributed by atoms with Gasteiger partial charge in [-0.3, -0.25) is 0 Å². The lowest BCUT2D eigenvalue weighted by Gasteiger charge is -2.19. The second-order valence-corrected chi connectivity index (χ2v) is 3.92. The van der Waals surface area contributed by atoms with E-state index in [1.807, 2.05) is 6.92 Å². The molecule has 0 radical (unpaired) electrons. The van der Waals surface area contributed by atoms with Gasteiger partial charge in [0.1, 0.15) is 0 Å². The monoisotopic (exact) mass is 203 g/mol. The molecule has 1 saturated carbocycles. The van der Waals surface area contributed by atoms with Gasteiger partial charge in [-0.25, -0.2) is 0 Å². The molecule has 2 unspecified atom stereocenters. The van der Waals surface area contributed by atoms with Crippen LogP contribution in [0.5, 0.6) is 0 Å². The number of aliphatic hydroxyl groups excluding tert-OH is 1. The molecule has 14 heavy (non-hydrogen) atoms. The predicted octanol–water partition coefficient (Wildman–Crippen LogP) is 0.151. The predicted molar refractivity (Wildman–Crippen MR) is 54.3 cm³/mol. The lowest BCUT2D eigenvalue weighted by molar-refractivity contribution is -0.00679. The van der Waals surface area contributed by atoms with Crippen LogP contribution >= 0.6 is 0 Å². The van der Waals surface area contributed by atoms with Crippen LogP contribution in [-0.4, -0.2) is 50.2 Å². The topological polar surface area (TPSA) is 50.7 Å². The average Bonchev–Trinajstić information content (AvgIpc) is 2.96. The van der Waals surface area contributed by atoms with Crippen LogP contribution in [0.2, 0.25) is 0 Å². The van der Waals surface area contributed by atoms with Crippen LogP contribution in [0, 0.1) is 0 Å². The number of hydrogen-bond donors (Lipinski definition) is 2. The molecule has 0 saturated heterocycles. The standard InChI is InChI=1S/C10H21NO3/c1-8(6-13-2)14-7-10(5-12)11-9-3-4-9/h8-12H,3-7H2,1-2H3. The van der Waals surface area contributed by atoms with E-state index < -0.39 is 0 Å². The zero-order valence-corrected chi connectivity index (χ0v) is 9.03. The number of aliphatic hydroxyl groups is 1. The lowest BCUT2D eigenvalue weighted by Crippen LogP contribution is -2.39. The zero-order chi connectivity index (χ0) is 10.4. The van der Waals surface area contributed by atoms with E-state index in [2.05, 4.69) is 5.32 Å². The van der Waals surface area contributed by atoms with E-state index >= 15 is 0 Å². The van der Waals surface area contributed by atoms with Gasteiger partial charge in [-0.2, -0.15) is 0 Å². The molecule has 0 heterocycles. The Morgan fingerprint density at radius 3 is 2.64 bits per heavy atom. The second-order valence-electron chi connectivity index (χ2n) is 3.92. The molecule has 2 atom stereocenters. The number of ether oxygens (including phenoxy) is 2. The van der Waals surface area contributed by atoms with Gasteiger partial charge < -0.3 is 19.9 Å². The molecule has 1 aliphatic rings. The summed E-state index contributed by atoms with van der Waals surface area (Å²) in [5.74, 6) is 0. The minimum Gasteiger partial charge on any atom is -0.395 e. The maximum absolute atomic E-state index is 9.07. The van der Waals surface area contributed by atoms with Crippen LogP contribution in [0.3, 0.4) is 0 Å². The first kappa shape index (κ1) is 11.9. The van der Waals surface area contributed by atoms with Crippen LogP contribution in [-0.2, 0) is 9.47 Å². The van der Waals surface area contributed by atoms with Crippen molar-refractivity contribution in [1.82, 2.24) is 5.32 Å². The molecule has 1 fully saturated rings. The number of nitrogens with one attached hydrogen (secondary N) is 1. The zero-order valence-electron chi connectivity index (χ0n) is 9.03. The van der Waals surface area contributed by atoms with Crippen LogP contribution in [0.15, 0.2) is 0 Å². The fourth-order valence-corrected chi connectivity index (χ4v) is 1.30. The summed E-state index contributed by atoms with van der Waals surface area (Å²) in [5, 5.41) is 12.4. The van der Waals surface area contributed by atoms with E-state index in [-0.39, 0.29) is 18.8 Å². The Morgan fingerprint density at radius 1 is 1.43 bits per heavy atom. The van der Waals surface area contributed by atoms with Crippen molar-refractivity contribution in [3.8, 4) is 0 Å². The first-order valence-electron chi connectivity index (χ1n) is 5.23. The maximum Gasteiger partial charge on any atom is 0.0781 e. The van der Waals surface area contributed by atoms with Gasteiger partial charge >= 0.3 is 0 Å². The van der Waals surface area contributed by atoms with Crippen molar-refractivity contribution in [2.75, 3.05) is 26.9 Å². The second kappa shape index (κ2) is 6.35. The molecule has 0 bridgehead atoms. The Morgan fingerprint density at radius 2 is 2.14 bits per heavy atom. The van der Waals surface area contributed by atoms with Gasteiger partial charge in [-0.05, 0) is 19.8 Å². The van der Waals surface area contributed by atoms with Crippen molar-refractivity contribution in [1.29, 1.82) is 0 Å². The lowest BCUT2D eigenvalue weighted by atomic mass is 10.3. The van der Waals surface area contributed by atoms with Gasteiger partial charge in [-0.1, -0.05) is 0 Å². The summed E-state index contributed by atoms with van der Waals surface area (Å²) in [6, 6.07) is 0.676. The molecule has 2 N–H and O–H groups in total. The molecule has 0 spiro atoms. The molecule has 84 valence electrons. The molecule has 4 nitrogen and oxygen atoms in total. The highest BCUT2D eigenvalue weighted by Gasteiger charge is 2.24. The summed E-state index contributed by atoms with van der Waals surface area (Å²) in [6.45, 7) is 3.25. The highest BCUT2D eigenvalue weighted by molar-refractivity contribution is 4.84. The Bertz CT molecular complexity index is 150. The third-order valence-electron chi connectivity index (χ3n) is 2.25. The number of methoxy groups -OCH3 is 1. The molecular weight excluding hydrogens is 182 g/mol. The summed E-state index contributed by atoms with van der Waals surface area (Å²) >= 11 is 0. The van der Waals surface area contributed by atoms with E-state index in [1.54, 1.807) is 7.11 Å². The van der Waals surface area contributed by atoms with Gasteiger partial charge in [0, 0.05) is 13.2 Å². The number of hydrogen-bond acceptors (Lipinski definition) is 4. The molecule has 1 rings (SSSR count).